The van der Waals surface area contributed by atoms with Gasteiger partial charge in [-0.3, -0.25) is 9.69 Å². The number of hydrogen-bond acceptors (Lipinski definition) is 7. The van der Waals surface area contributed by atoms with Gasteiger partial charge in [-0.05, 0) is 25.3 Å². The predicted molar refractivity (Wildman–Crippen MR) is 131 cm³/mol. The molecule has 4 heterocycles. The van der Waals surface area contributed by atoms with Gasteiger partial charge in [0.15, 0.2) is 11.5 Å². The second-order valence-electron chi connectivity index (χ2n) is 9.04. The van der Waals surface area contributed by atoms with Gasteiger partial charge in [0.2, 0.25) is 0 Å². The van der Waals surface area contributed by atoms with E-state index >= 15 is 0 Å². The van der Waals surface area contributed by atoms with Crippen molar-refractivity contribution in [3.8, 4) is 0 Å². The van der Waals surface area contributed by atoms with E-state index in [0.29, 0.717) is 29.3 Å². The van der Waals surface area contributed by atoms with Crippen LogP contribution in [0.2, 0.25) is 0 Å². The number of morpholine rings is 1. The van der Waals surface area contributed by atoms with Crippen LogP contribution in [0.25, 0.3) is 26.6 Å². The molecule has 1 aliphatic rings. The van der Waals surface area contributed by atoms with Crippen molar-refractivity contribution < 1.29 is 4.74 Å². The number of aromatic nitrogens is 3. The molecule has 7 nitrogen and oxygen atoms in total. The van der Waals surface area contributed by atoms with E-state index in [1.165, 1.54) is 4.52 Å². The number of benzene rings is 1. The van der Waals surface area contributed by atoms with Crippen molar-refractivity contribution in [3.05, 3.63) is 45.1 Å². The average Bonchev–Trinajstić information content (AvgIpc) is 3.06. The van der Waals surface area contributed by atoms with Gasteiger partial charge in [-0.25, -0.2) is 4.98 Å². The average molecular weight is 452 g/mol. The van der Waals surface area contributed by atoms with E-state index in [-0.39, 0.29) is 11.7 Å². The second-order valence-corrected chi connectivity index (χ2v) is 10.2. The fourth-order valence-electron chi connectivity index (χ4n) is 4.52. The summed E-state index contributed by atoms with van der Waals surface area (Å²) in [6.45, 7) is 12.8. The summed E-state index contributed by atoms with van der Waals surface area (Å²) in [6, 6.07) is 7.99. The maximum absolute atomic E-state index is 13.4. The second kappa shape index (κ2) is 8.42. The molecule has 3 aromatic heterocycles. The summed E-state index contributed by atoms with van der Waals surface area (Å²) in [7, 11) is 0. The molecule has 1 atom stereocenters. The molecule has 8 heteroatoms. The standard InChI is InChI=1S/C24H29N5O2S/c1-14(2)12-28-9-10-31-17(13-28)11-25-21-18-7-5-6-8-19(18)22-26-23-20(15(3)16(4)32-23)24(30)29(22)27-21/h5-8,14,17H,9-13H2,1-4H3,(H,25,27)/t17-/m1/s1. The van der Waals surface area contributed by atoms with Crippen molar-refractivity contribution in [2.75, 3.05) is 38.1 Å². The Kier molecular flexibility index (Phi) is 5.61. The van der Waals surface area contributed by atoms with Gasteiger partial charge in [-0.1, -0.05) is 38.1 Å². The van der Waals surface area contributed by atoms with Gasteiger partial charge in [0.1, 0.15) is 4.83 Å². The smallest absolute Gasteiger partial charge is 0.283 e. The molecule has 1 aliphatic heterocycles. The highest BCUT2D eigenvalue weighted by Gasteiger charge is 2.22. The Morgan fingerprint density at radius 3 is 2.81 bits per heavy atom. The third-order valence-electron chi connectivity index (χ3n) is 6.15. The molecule has 1 N–H and O–H groups in total. The Hall–Kier alpha value is -2.55. The lowest BCUT2D eigenvalue weighted by atomic mass is 10.1. The van der Waals surface area contributed by atoms with Crippen LogP contribution in [0.1, 0.15) is 24.3 Å². The van der Waals surface area contributed by atoms with Crippen LogP contribution in [-0.4, -0.2) is 58.4 Å². The minimum atomic E-state index is -0.113. The summed E-state index contributed by atoms with van der Waals surface area (Å²) in [4.78, 5) is 22.6. The number of nitrogens with one attached hydrogen (secondary N) is 1. The molecule has 4 aromatic rings. The first-order chi connectivity index (χ1) is 15.4. The lowest BCUT2D eigenvalue weighted by Gasteiger charge is -2.34. The topological polar surface area (TPSA) is 71.8 Å². The Labute approximate surface area is 191 Å². The first-order valence-corrected chi connectivity index (χ1v) is 12.0. The number of thiophene rings is 1. The van der Waals surface area contributed by atoms with E-state index in [1.54, 1.807) is 11.3 Å². The summed E-state index contributed by atoms with van der Waals surface area (Å²) in [5.74, 6) is 1.32. The van der Waals surface area contributed by atoms with E-state index in [1.807, 2.05) is 38.1 Å². The van der Waals surface area contributed by atoms with Gasteiger partial charge in [0.25, 0.3) is 5.56 Å². The Morgan fingerprint density at radius 1 is 1.25 bits per heavy atom. The number of fused-ring (bicyclic) bond motifs is 4. The third kappa shape index (κ3) is 3.76. The molecule has 0 spiro atoms. The number of ether oxygens (including phenoxy) is 1. The molecule has 1 aromatic carbocycles. The quantitative estimate of drug-likeness (QED) is 0.465. The molecule has 0 saturated carbocycles. The van der Waals surface area contributed by atoms with Crippen molar-refractivity contribution >= 4 is 43.8 Å². The molecule has 1 saturated heterocycles. The molecule has 0 radical (unpaired) electrons. The van der Waals surface area contributed by atoms with Crippen LogP contribution in [0.5, 0.6) is 0 Å². The van der Waals surface area contributed by atoms with Crippen LogP contribution in [-0.2, 0) is 4.74 Å². The Bertz CT molecular complexity index is 1360. The van der Waals surface area contributed by atoms with Crippen molar-refractivity contribution in [1.29, 1.82) is 0 Å². The van der Waals surface area contributed by atoms with E-state index in [0.717, 1.165) is 52.3 Å². The zero-order chi connectivity index (χ0) is 22.4. The van der Waals surface area contributed by atoms with Crippen LogP contribution >= 0.6 is 11.3 Å². The third-order valence-corrected chi connectivity index (χ3v) is 7.25. The predicted octanol–water partition coefficient (Wildman–Crippen LogP) is 3.84. The minimum absolute atomic E-state index is 0.0813. The molecular weight excluding hydrogens is 422 g/mol. The fourth-order valence-corrected chi connectivity index (χ4v) is 5.54. The molecule has 0 bridgehead atoms. The normalized spacial score (nSPS) is 17.7. The summed E-state index contributed by atoms with van der Waals surface area (Å²) < 4.78 is 7.46. The van der Waals surface area contributed by atoms with E-state index in [4.69, 9.17) is 14.8 Å². The van der Waals surface area contributed by atoms with Crippen LogP contribution in [0, 0.1) is 19.8 Å². The van der Waals surface area contributed by atoms with E-state index in [2.05, 4.69) is 24.1 Å². The first-order valence-electron chi connectivity index (χ1n) is 11.2. The SMILES string of the molecule is Cc1sc2nc3c4ccccc4c(NC[C@@H]4CN(CC(C)C)CCO4)nn3c(=O)c2c1C. The van der Waals surface area contributed by atoms with E-state index in [9.17, 15) is 4.79 Å². The fraction of sp³-hybridized carbons (Fsp3) is 0.458. The number of hydrogen-bond donors (Lipinski definition) is 1. The van der Waals surface area contributed by atoms with Crippen molar-refractivity contribution in [3.63, 3.8) is 0 Å². The minimum Gasteiger partial charge on any atom is -0.374 e. The summed E-state index contributed by atoms with van der Waals surface area (Å²) in [5.41, 5.74) is 1.47. The summed E-state index contributed by atoms with van der Waals surface area (Å²) in [6.07, 6.45) is 0.0813. The molecule has 0 unspecified atom stereocenters. The number of aryl methyl sites for hydroxylation is 2. The highest BCUT2D eigenvalue weighted by Crippen LogP contribution is 2.29. The van der Waals surface area contributed by atoms with Crippen molar-refractivity contribution in [1.82, 2.24) is 19.5 Å². The Balaban J connectivity index is 1.54. The molecule has 32 heavy (non-hydrogen) atoms. The van der Waals surface area contributed by atoms with Crippen LogP contribution in [0.15, 0.2) is 29.1 Å². The lowest BCUT2D eigenvalue weighted by molar-refractivity contribution is -0.0244. The maximum Gasteiger partial charge on any atom is 0.283 e. The largest absolute Gasteiger partial charge is 0.374 e. The van der Waals surface area contributed by atoms with Gasteiger partial charge in [-0.15, -0.1) is 16.4 Å². The van der Waals surface area contributed by atoms with Crippen LogP contribution in [0.4, 0.5) is 5.82 Å². The molecule has 0 amide bonds. The number of rotatable bonds is 5. The van der Waals surface area contributed by atoms with Gasteiger partial charge >= 0.3 is 0 Å². The molecule has 1 fully saturated rings. The zero-order valence-corrected chi connectivity index (χ0v) is 19.8. The van der Waals surface area contributed by atoms with Crippen LogP contribution in [0.3, 0.4) is 0 Å². The molecule has 168 valence electrons. The molecular formula is C24H29N5O2S. The van der Waals surface area contributed by atoms with Crippen molar-refractivity contribution in [2.24, 2.45) is 5.92 Å². The highest BCUT2D eigenvalue weighted by atomic mass is 32.1. The van der Waals surface area contributed by atoms with Crippen molar-refractivity contribution in [2.45, 2.75) is 33.8 Å². The van der Waals surface area contributed by atoms with Crippen LogP contribution < -0.4 is 10.9 Å². The summed E-state index contributed by atoms with van der Waals surface area (Å²) in [5, 5.41) is 10.7. The lowest BCUT2D eigenvalue weighted by Crippen LogP contribution is -2.46. The highest BCUT2D eigenvalue weighted by molar-refractivity contribution is 7.18. The maximum atomic E-state index is 13.4. The van der Waals surface area contributed by atoms with Gasteiger partial charge in [-0.2, -0.15) is 4.52 Å². The monoisotopic (exact) mass is 451 g/mol. The summed E-state index contributed by atoms with van der Waals surface area (Å²) >= 11 is 1.56. The molecule has 5 rings (SSSR count). The Morgan fingerprint density at radius 2 is 2.03 bits per heavy atom. The first kappa shape index (κ1) is 21.3. The number of nitrogens with zero attached hydrogens (tertiary/aromatic N) is 4. The number of anilines is 1. The molecule has 0 aliphatic carbocycles. The van der Waals surface area contributed by atoms with Gasteiger partial charge in [0.05, 0.1) is 18.1 Å². The zero-order valence-electron chi connectivity index (χ0n) is 19.0. The van der Waals surface area contributed by atoms with E-state index < -0.39 is 0 Å². The van der Waals surface area contributed by atoms with Gasteiger partial charge in [0, 0.05) is 41.8 Å². The van der Waals surface area contributed by atoms with Gasteiger partial charge < -0.3 is 10.1 Å².